The molecule has 0 spiro atoms. The molecule has 1 fully saturated rings. The predicted octanol–water partition coefficient (Wildman–Crippen LogP) is 3.73. The lowest BCUT2D eigenvalue weighted by Crippen LogP contribution is -2.38. The van der Waals surface area contributed by atoms with Crippen LogP contribution in [0, 0.1) is 6.92 Å². The molecule has 7 heteroatoms. The third-order valence-electron chi connectivity index (χ3n) is 5.35. The van der Waals surface area contributed by atoms with E-state index in [1.165, 1.54) is 0 Å². The van der Waals surface area contributed by atoms with Crippen molar-refractivity contribution < 1.29 is 13.2 Å². The molecule has 0 bridgehead atoms. The summed E-state index contributed by atoms with van der Waals surface area (Å²) in [5.41, 5.74) is 2.76. The van der Waals surface area contributed by atoms with E-state index >= 15 is 0 Å². The fraction of sp³-hybridized carbons (Fsp3) is 0.409. The van der Waals surface area contributed by atoms with Crippen LogP contribution >= 0.6 is 0 Å². The van der Waals surface area contributed by atoms with Gasteiger partial charge in [-0.1, -0.05) is 48.9 Å². The van der Waals surface area contributed by atoms with Crippen molar-refractivity contribution in [1.29, 1.82) is 0 Å². The monoisotopic (exact) mass is 415 g/mol. The standard InChI is InChI=1S/C22H29N3O3S/c1-17-10-4-6-12-20(17)18(2)24-22(26)23-16-19-11-5-7-13-21(19)29(27,28)25-14-8-3-9-15-25/h4-7,10-13,18H,3,8-9,14-16H2,1-2H3,(H2,23,24,26)/t18-/m1/s1. The number of aryl methyl sites for hydroxylation is 1. The molecule has 1 atom stereocenters. The minimum Gasteiger partial charge on any atom is -0.334 e. The van der Waals surface area contributed by atoms with Gasteiger partial charge in [-0.2, -0.15) is 4.31 Å². The molecule has 0 radical (unpaired) electrons. The van der Waals surface area contributed by atoms with Gasteiger partial charge in [-0.3, -0.25) is 0 Å². The second-order valence-corrected chi connectivity index (χ2v) is 9.38. The number of piperidine rings is 1. The van der Waals surface area contributed by atoms with Crippen molar-refractivity contribution in [2.45, 2.75) is 50.6 Å². The average molecular weight is 416 g/mol. The average Bonchev–Trinajstić information content (AvgIpc) is 2.73. The highest BCUT2D eigenvalue weighted by atomic mass is 32.2. The zero-order chi connectivity index (χ0) is 20.9. The molecule has 0 aromatic heterocycles. The zero-order valence-corrected chi connectivity index (χ0v) is 17.8. The van der Waals surface area contributed by atoms with Crippen LogP contribution in [0.5, 0.6) is 0 Å². The lowest BCUT2D eigenvalue weighted by Gasteiger charge is -2.27. The van der Waals surface area contributed by atoms with Crippen LogP contribution in [0.2, 0.25) is 0 Å². The Balaban J connectivity index is 1.67. The molecule has 0 saturated carbocycles. The maximum absolute atomic E-state index is 13.1. The lowest BCUT2D eigenvalue weighted by molar-refractivity contribution is 0.237. The molecule has 1 aliphatic heterocycles. The van der Waals surface area contributed by atoms with E-state index in [1.807, 2.05) is 38.1 Å². The van der Waals surface area contributed by atoms with Crippen molar-refractivity contribution in [1.82, 2.24) is 14.9 Å². The fourth-order valence-electron chi connectivity index (χ4n) is 3.72. The zero-order valence-electron chi connectivity index (χ0n) is 17.0. The van der Waals surface area contributed by atoms with Crippen LogP contribution in [-0.2, 0) is 16.6 Å². The van der Waals surface area contributed by atoms with E-state index < -0.39 is 10.0 Å². The highest BCUT2D eigenvalue weighted by molar-refractivity contribution is 7.89. The number of hydrogen-bond donors (Lipinski definition) is 2. The lowest BCUT2D eigenvalue weighted by atomic mass is 10.0. The van der Waals surface area contributed by atoms with Gasteiger partial charge in [-0.25, -0.2) is 13.2 Å². The normalized spacial score (nSPS) is 16.2. The Hall–Kier alpha value is -2.38. The largest absolute Gasteiger partial charge is 0.334 e. The highest BCUT2D eigenvalue weighted by Crippen LogP contribution is 2.23. The van der Waals surface area contributed by atoms with Crippen LogP contribution in [0.15, 0.2) is 53.4 Å². The first-order valence-electron chi connectivity index (χ1n) is 10.1. The van der Waals surface area contributed by atoms with Crippen molar-refractivity contribution in [3.63, 3.8) is 0 Å². The first kappa shape index (κ1) is 21.3. The van der Waals surface area contributed by atoms with E-state index in [-0.39, 0.29) is 23.5 Å². The second-order valence-electron chi connectivity index (χ2n) is 7.48. The molecule has 0 unspecified atom stereocenters. The summed E-state index contributed by atoms with van der Waals surface area (Å²) in [5.74, 6) is 0. The van der Waals surface area contributed by atoms with Crippen molar-refractivity contribution in [2.24, 2.45) is 0 Å². The number of urea groups is 1. The molecule has 1 aliphatic rings. The van der Waals surface area contributed by atoms with Gasteiger partial charge < -0.3 is 10.6 Å². The van der Waals surface area contributed by atoms with Crippen LogP contribution in [0.3, 0.4) is 0 Å². The minimum absolute atomic E-state index is 0.148. The maximum Gasteiger partial charge on any atom is 0.315 e. The van der Waals surface area contributed by atoms with Crippen LogP contribution in [0.4, 0.5) is 4.79 Å². The Kier molecular flexibility index (Phi) is 6.92. The third-order valence-corrected chi connectivity index (χ3v) is 7.35. The number of carbonyl (C=O) groups excluding carboxylic acids is 1. The minimum atomic E-state index is -3.55. The summed E-state index contributed by atoms with van der Waals surface area (Å²) in [6.07, 6.45) is 2.84. The number of rotatable bonds is 6. The molecular weight excluding hydrogens is 386 g/mol. The van der Waals surface area contributed by atoms with Crippen molar-refractivity contribution >= 4 is 16.1 Å². The molecule has 3 rings (SSSR count). The molecule has 2 aromatic rings. The fourth-order valence-corrected chi connectivity index (χ4v) is 5.46. The maximum atomic E-state index is 13.1. The van der Waals surface area contributed by atoms with Gasteiger partial charge in [-0.15, -0.1) is 0 Å². The van der Waals surface area contributed by atoms with E-state index in [4.69, 9.17) is 0 Å². The Labute approximate surface area is 173 Å². The molecule has 1 saturated heterocycles. The number of nitrogens with zero attached hydrogens (tertiary/aromatic N) is 1. The molecular formula is C22H29N3O3S. The number of nitrogens with one attached hydrogen (secondary N) is 2. The van der Waals surface area contributed by atoms with E-state index in [1.54, 1.807) is 28.6 Å². The SMILES string of the molecule is Cc1ccccc1[C@@H](C)NC(=O)NCc1ccccc1S(=O)(=O)N1CCCCC1. The Morgan fingerprint density at radius 1 is 1.03 bits per heavy atom. The van der Waals surface area contributed by atoms with Crippen LogP contribution in [0.1, 0.15) is 48.9 Å². The predicted molar refractivity (Wildman–Crippen MR) is 114 cm³/mol. The van der Waals surface area contributed by atoms with Crippen LogP contribution in [-0.4, -0.2) is 31.8 Å². The Bertz CT molecular complexity index is 953. The summed E-state index contributed by atoms with van der Waals surface area (Å²) in [4.78, 5) is 12.7. The number of carbonyl (C=O) groups is 1. The van der Waals surface area contributed by atoms with Gasteiger partial charge in [0.15, 0.2) is 0 Å². The molecule has 0 aliphatic carbocycles. The molecule has 156 valence electrons. The van der Waals surface area contributed by atoms with Crippen molar-refractivity contribution in [2.75, 3.05) is 13.1 Å². The highest BCUT2D eigenvalue weighted by Gasteiger charge is 2.27. The number of benzene rings is 2. The summed E-state index contributed by atoms with van der Waals surface area (Å²) in [6, 6.07) is 14.3. The van der Waals surface area contributed by atoms with Crippen LogP contribution in [0.25, 0.3) is 0 Å². The van der Waals surface area contributed by atoms with Crippen molar-refractivity contribution in [3.05, 3.63) is 65.2 Å². The molecule has 2 aromatic carbocycles. The first-order chi connectivity index (χ1) is 13.9. The Morgan fingerprint density at radius 2 is 1.69 bits per heavy atom. The molecule has 2 amide bonds. The summed E-state index contributed by atoms with van der Waals surface area (Å²) in [5, 5.41) is 5.72. The van der Waals surface area contributed by atoms with Gasteiger partial charge in [0, 0.05) is 19.6 Å². The van der Waals surface area contributed by atoms with E-state index in [0.717, 1.165) is 30.4 Å². The summed E-state index contributed by atoms with van der Waals surface area (Å²) < 4.78 is 27.7. The van der Waals surface area contributed by atoms with Crippen LogP contribution < -0.4 is 10.6 Å². The quantitative estimate of drug-likeness (QED) is 0.755. The molecule has 2 N–H and O–H groups in total. The van der Waals surface area contributed by atoms with E-state index in [0.29, 0.717) is 18.7 Å². The topological polar surface area (TPSA) is 78.5 Å². The number of amides is 2. The van der Waals surface area contributed by atoms with Crippen molar-refractivity contribution in [3.8, 4) is 0 Å². The van der Waals surface area contributed by atoms with Gasteiger partial charge in [0.1, 0.15) is 0 Å². The first-order valence-corrected chi connectivity index (χ1v) is 11.5. The third kappa shape index (κ3) is 5.16. The molecule has 6 nitrogen and oxygen atoms in total. The number of hydrogen-bond acceptors (Lipinski definition) is 3. The summed E-state index contributed by atoms with van der Waals surface area (Å²) >= 11 is 0. The number of sulfonamides is 1. The summed E-state index contributed by atoms with van der Waals surface area (Å²) in [6.45, 7) is 5.19. The van der Waals surface area contributed by atoms with Gasteiger partial charge in [0.2, 0.25) is 10.0 Å². The Morgan fingerprint density at radius 3 is 2.41 bits per heavy atom. The van der Waals surface area contributed by atoms with E-state index in [9.17, 15) is 13.2 Å². The van der Waals surface area contributed by atoms with Gasteiger partial charge >= 0.3 is 6.03 Å². The smallest absolute Gasteiger partial charge is 0.315 e. The summed E-state index contributed by atoms with van der Waals surface area (Å²) in [7, 11) is -3.55. The van der Waals surface area contributed by atoms with Gasteiger partial charge in [0.05, 0.1) is 10.9 Å². The second kappa shape index (κ2) is 9.41. The molecule has 1 heterocycles. The van der Waals surface area contributed by atoms with Gasteiger partial charge in [0.25, 0.3) is 0 Å². The van der Waals surface area contributed by atoms with Gasteiger partial charge in [-0.05, 0) is 49.4 Å². The molecule has 29 heavy (non-hydrogen) atoms. The van der Waals surface area contributed by atoms with E-state index in [2.05, 4.69) is 10.6 Å².